The number of nitrogens with zero attached hydrogens (tertiary/aromatic N) is 1. The Kier molecular flexibility index (Phi) is 6.59. The van der Waals surface area contributed by atoms with Crippen molar-refractivity contribution in [3.8, 4) is 0 Å². The predicted octanol–water partition coefficient (Wildman–Crippen LogP) is 1.31. The van der Waals surface area contributed by atoms with Crippen molar-refractivity contribution in [1.29, 1.82) is 0 Å². The van der Waals surface area contributed by atoms with Crippen LogP contribution in [0.3, 0.4) is 0 Å². The summed E-state index contributed by atoms with van der Waals surface area (Å²) in [6.45, 7) is 7.66. The number of nitrogens with two attached hydrogens (primary N) is 1. The Bertz CT molecular complexity index is 330. The van der Waals surface area contributed by atoms with E-state index in [4.69, 9.17) is 15.2 Å². The molecule has 0 radical (unpaired) electrons. The second kappa shape index (κ2) is 6.96. The van der Waals surface area contributed by atoms with Crippen molar-refractivity contribution >= 4 is 24.5 Å². The third-order valence-corrected chi connectivity index (χ3v) is 2.52. The maximum atomic E-state index is 12.0. The van der Waals surface area contributed by atoms with Crippen LogP contribution in [0.5, 0.6) is 0 Å². The first-order chi connectivity index (χ1) is 8.24. The van der Waals surface area contributed by atoms with Gasteiger partial charge in [0.2, 0.25) is 0 Å². The summed E-state index contributed by atoms with van der Waals surface area (Å²) in [7, 11) is 0. The van der Waals surface area contributed by atoms with E-state index in [1.54, 1.807) is 27.7 Å². The van der Waals surface area contributed by atoms with E-state index in [1.165, 1.54) is 4.90 Å². The van der Waals surface area contributed by atoms with Gasteiger partial charge in [-0.2, -0.15) is 0 Å². The van der Waals surface area contributed by atoms with Gasteiger partial charge in [-0.05, 0) is 34.1 Å². The van der Waals surface area contributed by atoms with Crippen LogP contribution in [0.4, 0.5) is 4.79 Å². The van der Waals surface area contributed by atoms with Gasteiger partial charge in [-0.3, -0.25) is 4.90 Å². The minimum absolute atomic E-state index is 0. The molecule has 1 fully saturated rings. The number of halogens is 1. The number of ether oxygens (including phenoxy) is 2. The molecule has 1 rings (SSSR count). The highest BCUT2D eigenvalue weighted by atomic mass is 35.5. The largest absolute Gasteiger partial charge is 0.464 e. The van der Waals surface area contributed by atoms with E-state index >= 15 is 0 Å². The van der Waals surface area contributed by atoms with E-state index in [2.05, 4.69) is 0 Å². The van der Waals surface area contributed by atoms with Crippen molar-refractivity contribution in [2.45, 2.75) is 51.8 Å². The van der Waals surface area contributed by atoms with Gasteiger partial charge in [0.15, 0.2) is 0 Å². The molecule has 0 bridgehead atoms. The van der Waals surface area contributed by atoms with Crippen LogP contribution in [-0.2, 0) is 14.3 Å². The summed E-state index contributed by atoms with van der Waals surface area (Å²) in [5.74, 6) is -0.420. The standard InChI is InChI=1S/C12H22N2O4.ClH/c1-5-17-10(15)9-6-8(13)7-14(9)11(16)18-12(2,3)4;/h8-9H,5-7,13H2,1-4H3;1H/t8-,9-;/m0./s1. The molecule has 0 aliphatic carbocycles. The number of amides is 1. The number of esters is 1. The fraction of sp³-hybridized carbons (Fsp3) is 0.833. The van der Waals surface area contributed by atoms with Gasteiger partial charge in [-0.25, -0.2) is 9.59 Å². The first kappa shape index (κ1) is 18.0. The zero-order valence-electron chi connectivity index (χ0n) is 11.8. The van der Waals surface area contributed by atoms with E-state index in [-0.39, 0.29) is 25.1 Å². The molecule has 1 aliphatic heterocycles. The number of carbonyl (C=O) groups excluding carboxylic acids is 2. The molecule has 0 aromatic carbocycles. The molecule has 0 aromatic rings. The van der Waals surface area contributed by atoms with Crippen molar-refractivity contribution in [1.82, 2.24) is 4.90 Å². The van der Waals surface area contributed by atoms with Gasteiger partial charge in [0.25, 0.3) is 0 Å². The van der Waals surface area contributed by atoms with E-state index in [9.17, 15) is 9.59 Å². The van der Waals surface area contributed by atoms with Gasteiger partial charge in [-0.1, -0.05) is 0 Å². The Morgan fingerprint density at radius 3 is 2.42 bits per heavy atom. The van der Waals surface area contributed by atoms with Crippen LogP contribution in [0.25, 0.3) is 0 Å². The van der Waals surface area contributed by atoms with Gasteiger partial charge in [0, 0.05) is 12.6 Å². The summed E-state index contributed by atoms with van der Waals surface area (Å²) in [5.41, 5.74) is 5.20. The van der Waals surface area contributed by atoms with E-state index in [0.717, 1.165) is 0 Å². The molecule has 1 amide bonds. The Hall–Kier alpha value is -1.01. The van der Waals surface area contributed by atoms with Crippen LogP contribution < -0.4 is 5.73 Å². The molecule has 2 atom stereocenters. The van der Waals surface area contributed by atoms with Gasteiger partial charge in [0.1, 0.15) is 11.6 Å². The van der Waals surface area contributed by atoms with E-state index < -0.39 is 23.7 Å². The van der Waals surface area contributed by atoms with Crippen LogP contribution in [0, 0.1) is 0 Å². The number of hydrogen-bond donors (Lipinski definition) is 1. The van der Waals surface area contributed by atoms with Crippen LogP contribution in [0.2, 0.25) is 0 Å². The first-order valence-corrected chi connectivity index (χ1v) is 6.16. The molecule has 1 saturated heterocycles. The van der Waals surface area contributed by atoms with Gasteiger partial charge in [0.05, 0.1) is 6.61 Å². The molecule has 0 spiro atoms. The number of carbonyl (C=O) groups is 2. The lowest BCUT2D eigenvalue weighted by atomic mass is 10.2. The summed E-state index contributed by atoms with van der Waals surface area (Å²) in [6.07, 6.45) is -0.105. The molecule has 1 aliphatic rings. The lowest BCUT2D eigenvalue weighted by molar-refractivity contribution is -0.148. The fourth-order valence-electron chi connectivity index (χ4n) is 1.85. The Labute approximate surface area is 120 Å². The third kappa shape index (κ3) is 5.24. The van der Waals surface area contributed by atoms with Crippen LogP contribution in [0.1, 0.15) is 34.1 Å². The smallest absolute Gasteiger partial charge is 0.411 e. The van der Waals surface area contributed by atoms with Crippen LogP contribution >= 0.6 is 12.4 Å². The SMILES string of the molecule is CCOC(=O)[C@@H]1C[C@H](N)CN1C(=O)OC(C)(C)C.Cl. The summed E-state index contributed by atoms with van der Waals surface area (Å²) < 4.78 is 10.2. The first-order valence-electron chi connectivity index (χ1n) is 6.16. The maximum absolute atomic E-state index is 12.0. The predicted molar refractivity (Wildman–Crippen MR) is 73.2 cm³/mol. The second-order valence-electron chi connectivity index (χ2n) is 5.40. The summed E-state index contributed by atoms with van der Waals surface area (Å²) in [6, 6.07) is -0.846. The Morgan fingerprint density at radius 1 is 1.37 bits per heavy atom. The molecule has 0 unspecified atom stereocenters. The summed E-state index contributed by atoms with van der Waals surface area (Å²) in [5, 5.41) is 0. The van der Waals surface area contributed by atoms with Crippen molar-refractivity contribution < 1.29 is 19.1 Å². The molecule has 1 heterocycles. The molecule has 0 saturated carbocycles. The van der Waals surface area contributed by atoms with Crippen molar-refractivity contribution in [2.24, 2.45) is 5.73 Å². The van der Waals surface area contributed by atoms with Crippen molar-refractivity contribution in [3.63, 3.8) is 0 Å². The lowest BCUT2D eigenvalue weighted by Crippen LogP contribution is -2.44. The molecule has 19 heavy (non-hydrogen) atoms. The van der Waals surface area contributed by atoms with Crippen molar-refractivity contribution in [2.75, 3.05) is 13.2 Å². The number of hydrogen-bond acceptors (Lipinski definition) is 5. The molecular weight excluding hydrogens is 272 g/mol. The maximum Gasteiger partial charge on any atom is 0.411 e. The highest BCUT2D eigenvalue weighted by Gasteiger charge is 2.40. The molecule has 7 heteroatoms. The third-order valence-electron chi connectivity index (χ3n) is 2.52. The van der Waals surface area contributed by atoms with Gasteiger partial charge in [-0.15, -0.1) is 12.4 Å². The molecule has 0 aromatic heterocycles. The summed E-state index contributed by atoms with van der Waals surface area (Å²) >= 11 is 0. The topological polar surface area (TPSA) is 81.9 Å². The zero-order chi connectivity index (χ0) is 13.9. The van der Waals surface area contributed by atoms with E-state index in [1.807, 2.05) is 0 Å². The number of rotatable bonds is 2. The number of likely N-dealkylation sites (tertiary alicyclic amines) is 1. The second-order valence-corrected chi connectivity index (χ2v) is 5.40. The normalized spacial score (nSPS) is 22.7. The molecule has 112 valence electrons. The lowest BCUT2D eigenvalue weighted by Gasteiger charge is -2.27. The molecule has 6 nitrogen and oxygen atoms in total. The van der Waals surface area contributed by atoms with Crippen LogP contribution in [-0.4, -0.2) is 47.8 Å². The Balaban J connectivity index is 0.00000324. The molecular formula is C12H23ClN2O4. The van der Waals surface area contributed by atoms with Gasteiger partial charge >= 0.3 is 12.1 Å². The van der Waals surface area contributed by atoms with E-state index in [0.29, 0.717) is 13.0 Å². The minimum Gasteiger partial charge on any atom is -0.464 e. The average molecular weight is 295 g/mol. The summed E-state index contributed by atoms with van der Waals surface area (Å²) in [4.78, 5) is 25.1. The van der Waals surface area contributed by atoms with Crippen LogP contribution in [0.15, 0.2) is 0 Å². The van der Waals surface area contributed by atoms with Gasteiger partial charge < -0.3 is 15.2 Å². The minimum atomic E-state index is -0.630. The zero-order valence-corrected chi connectivity index (χ0v) is 12.7. The fourth-order valence-corrected chi connectivity index (χ4v) is 1.85. The highest BCUT2D eigenvalue weighted by Crippen LogP contribution is 2.21. The quantitative estimate of drug-likeness (QED) is 0.777. The monoisotopic (exact) mass is 294 g/mol. The Morgan fingerprint density at radius 2 is 1.95 bits per heavy atom. The highest BCUT2D eigenvalue weighted by molar-refractivity contribution is 5.85. The van der Waals surface area contributed by atoms with Crippen molar-refractivity contribution in [3.05, 3.63) is 0 Å². The molecule has 2 N–H and O–H groups in total. The average Bonchev–Trinajstić information content (AvgIpc) is 2.58.